The van der Waals surface area contributed by atoms with Gasteiger partial charge in [-0.05, 0) is 25.5 Å². The lowest BCUT2D eigenvalue weighted by molar-refractivity contribution is -0.139. The molecule has 0 aliphatic rings. The zero-order chi connectivity index (χ0) is 17.3. The van der Waals surface area contributed by atoms with E-state index in [1.165, 1.54) is 36.2 Å². The lowest BCUT2D eigenvalue weighted by atomic mass is 10.1. The summed E-state index contributed by atoms with van der Waals surface area (Å²) < 4.78 is 38.7. The summed E-state index contributed by atoms with van der Waals surface area (Å²) in [5, 5.41) is 0. The molecule has 1 rings (SSSR count). The van der Waals surface area contributed by atoms with Crippen LogP contribution >= 0.6 is 0 Å². The molecule has 0 fully saturated rings. The molecule has 1 aromatic rings. The first-order chi connectivity index (χ1) is 10.3. The standard InChI is InChI=1S/C15H16F3NO.C2H6/c1-4-9-19(14(20)11(2)3)10-12-7-5-6-8-13(12)15(16,17)18;1-2/h4-9H,2,10H2,1,3H3;1-2H3/b9-4-;. The summed E-state index contributed by atoms with van der Waals surface area (Å²) >= 11 is 0. The van der Waals surface area contributed by atoms with E-state index < -0.39 is 17.6 Å². The van der Waals surface area contributed by atoms with Crippen LogP contribution in [0.5, 0.6) is 0 Å². The van der Waals surface area contributed by atoms with E-state index in [2.05, 4.69) is 6.58 Å². The Kier molecular flexibility index (Phi) is 8.23. The maximum Gasteiger partial charge on any atom is 0.416 e. The van der Waals surface area contributed by atoms with Crippen LogP contribution in [0, 0.1) is 0 Å². The van der Waals surface area contributed by atoms with Crippen molar-refractivity contribution in [1.29, 1.82) is 0 Å². The van der Waals surface area contributed by atoms with Gasteiger partial charge in [0.05, 0.1) is 12.1 Å². The zero-order valence-corrected chi connectivity index (χ0v) is 13.4. The van der Waals surface area contributed by atoms with Crippen LogP contribution in [0.3, 0.4) is 0 Å². The van der Waals surface area contributed by atoms with Crippen molar-refractivity contribution in [3.8, 4) is 0 Å². The van der Waals surface area contributed by atoms with Crippen LogP contribution in [0.2, 0.25) is 0 Å². The zero-order valence-electron chi connectivity index (χ0n) is 13.4. The molecule has 0 saturated heterocycles. The number of benzene rings is 1. The highest BCUT2D eigenvalue weighted by atomic mass is 19.4. The van der Waals surface area contributed by atoms with Crippen molar-refractivity contribution >= 4 is 5.91 Å². The van der Waals surface area contributed by atoms with Crippen molar-refractivity contribution in [3.05, 3.63) is 59.8 Å². The van der Waals surface area contributed by atoms with Gasteiger partial charge < -0.3 is 4.90 Å². The van der Waals surface area contributed by atoms with Crippen LogP contribution < -0.4 is 0 Å². The Labute approximate surface area is 129 Å². The van der Waals surface area contributed by atoms with E-state index in [9.17, 15) is 18.0 Å². The summed E-state index contributed by atoms with van der Waals surface area (Å²) in [6, 6.07) is 5.22. The molecule has 0 bridgehead atoms. The number of alkyl halides is 3. The SMILES string of the molecule is C=C(C)C(=O)N(/C=C\C)Cc1ccccc1C(F)(F)F.CC. The van der Waals surface area contributed by atoms with Gasteiger partial charge in [-0.3, -0.25) is 4.79 Å². The first kappa shape index (κ1) is 20.0. The van der Waals surface area contributed by atoms with Gasteiger partial charge in [0.2, 0.25) is 0 Å². The summed E-state index contributed by atoms with van der Waals surface area (Å²) in [5.41, 5.74) is -0.413. The fraction of sp³-hybridized carbons (Fsp3) is 0.353. The lowest BCUT2D eigenvalue weighted by Gasteiger charge is -2.21. The third-order valence-electron chi connectivity index (χ3n) is 2.62. The minimum atomic E-state index is -4.44. The Morgan fingerprint density at radius 1 is 1.27 bits per heavy atom. The molecule has 0 atom stereocenters. The molecule has 22 heavy (non-hydrogen) atoms. The number of carbonyl (C=O) groups is 1. The van der Waals surface area contributed by atoms with Crippen molar-refractivity contribution in [2.45, 2.75) is 40.4 Å². The van der Waals surface area contributed by atoms with Gasteiger partial charge in [0.15, 0.2) is 0 Å². The monoisotopic (exact) mass is 313 g/mol. The highest BCUT2D eigenvalue weighted by Crippen LogP contribution is 2.32. The predicted molar refractivity (Wildman–Crippen MR) is 83.0 cm³/mol. The molecule has 1 aromatic carbocycles. The Morgan fingerprint density at radius 2 is 1.82 bits per heavy atom. The Hall–Kier alpha value is -2.04. The fourth-order valence-corrected chi connectivity index (χ4v) is 1.74. The normalized spacial score (nSPS) is 10.9. The van der Waals surface area contributed by atoms with Crippen molar-refractivity contribution < 1.29 is 18.0 Å². The smallest absolute Gasteiger partial charge is 0.311 e. The third kappa shape index (κ3) is 5.76. The number of nitrogens with zero attached hydrogens (tertiary/aromatic N) is 1. The predicted octanol–water partition coefficient (Wildman–Crippen LogP) is 5.17. The van der Waals surface area contributed by atoms with E-state index >= 15 is 0 Å². The van der Waals surface area contributed by atoms with Gasteiger partial charge in [0.1, 0.15) is 0 Å². The molecule has 0 aliphatic heterocycles. The number of rotatable bonds is 4. The van der Waals surface area contributed by atoms with E-state index in [0.717, 1.165) is 6.07 Å². The number of halogens is 3. The first-order valence-electron chi connectivity index (χ1n) is 7.01. The summed E-state index contributed by atoms with van der Waals surface area (Å²) in [5.74, 6) is -0.403. The number of hydrogen-bond donors (Lipinski definition) is 0. The Bertz CT molecular complexity index is 533. The average Bonchev–Trinajstić information content (AvgIpc) is 2.47. The largest absolute Gasteiger partial charge is 0.416 e. The molecule has 0 N–H and O–H groups in total. The highest BCUT2D eigenvalue weighted by Gasteiger charge is 2.33. The van der Waals surface area contributed by atoms with Crippen LogP contribution in [0.1, 0.15) is 38.8 Å². The van der Waals surface area contributed by atoms with E-state index in [1.54, 1.807) is 13.0 Å². The second kappa shape index (κ2) is 9.07. The van der Waals surface area contributed by atoms with Crippen LogP contribution in [-0.2, 0) is 17.5 Å². The van der Waals surface area contributed by atoms with E-state index in [4.69, 9.17) is 0 Å². The maximum atomic E-state index is 12.9. The van der Waals surface area contributed by atoms with E-state index in [1.807, 2.05) is 13.8 Å². The molecule has 5 heteroatoms. The second-order valence-electron chi connectivity index (χ2n) is 4.35. The summed E-state index contributed by atoms with van der Waals surface area (Å²) in [6.45, 7) is 10.6. The molecule has 0 spiro atoms. The maximum absolute atomic E-state index is 12.9. The van der Waals surface area contributed by atoms with Gasteiger partial charge in [-0.1, -0.05) is 44.7 Å². The minimum absolute atomic E-state index is 0.0488. The molecular formula is C17H22F3NO. The summed E-state index contributed by atoms with van der Waals surface area (Å²) in [7, 11) is 0. The van der Waals surface area contributed by atoms with Crippen LogP contribution in [0.25, 0.3) is 0 Å². The van der Waals surface area contributed by atoms with Gasteiger partial charge >= 0.3 is 6.18 Å². The molecule has 0 radical (unpaired) electrons. The fourth-order valence-electron chi connectivity index (χ4n) is 1.74. The third-order valence-corrected chi connectivity index (χ3v) is 2.62. The molecule has 0 aliphatic carbocycles. The molecule has 0 heterocycles. The second-order valence-corrected chi connectivity index (χ2v) is 4.35. The van der Waals surface area contributed by atoms with Gasteiger partial charge in [-0.25, -0.2) is 0 Å². The lowest BCUT2D eigenvalue weighted by Crippen LogP contribution is -2.26. The van der Waals surface area contributed by atoms with Crippen LogP contribution in [-0.4, -0.2) is 10.8 Å². The number of carbonyl (C=O) groups excluding carboxylic acids is 1. The molecule has 0 unspecified atom stereocenters. The molecule has 122 valence electrons. The van der Waals surface area contributed by atoms with Gasteiger partial charge in [-0.2, -0.15) is 13.2 Å². The Balaban J connectivity index is 0.00000211. The molecule has 1 amide bonds. The number of allylic oxidation sites excluding steroid dienone is 1. The molecule has 0 saturated carbocycles. The number of amides is 1. The van der Waals surface area contributed by atoms with Crippen molar-refractivity contribution in [1.82, 2.24) is 4.90 Å². The highest BCUT2D eigenvalue weighted by molar-refractivity contribution is 5.92. The summed E-state index contributed by atoms with van der Waals surface area (Å²) in [4.78, 5) is 13.1. The van der Waals surface area contributed by atoms with Crippen LogP contribution in [0.4, 0.5) is 13.2 Å². The van der Waals surface area contributed by atoms with E-state index in [0.29, 0.717) is 0 Å². The van der Waals surface area contributed by atoms with Gasteiger partial charge in [-0.15, -0.1) is 0 Å². The van der Waals surface area contributed by atoms with E-state index in [-0.39, 0.29) is 17.7 Å². The topological polar surface area (TPSA) is 20.3 Å². The molecular weight excluding hydrogens is 291 g/mol. The molecule has 2 nitrogen and oxygen atoms in total. The Morgan fingerprint density at radius 3 is 2.27 bits per heavy atom. The quantitative estimate of drug-likeness (QED) is 0.702. The van der Waals surface area contributed by atoms with Crippen molar-refractivity contribution in [2.75, 3.05) is 0 Å². The summed E-state index contributed by atoms with van der Waals surface area (Å²) in [6.07, 6.45) is -1.40. The first-order valence-corrected chi connectivity index (χ1v) is 7.01. The number of hydrogen-bond acceptors (Lipinski definition) is 1. The van der Waals surface area contributed by atoms with Crippen molar-refractivity contribution in [2.24, 2.45) is 0 Å². The minimum Gasteiger partial charge on any atom is -0.311 e. The van der Waals surface area contributed by atoms with Gasteiger partial charge in [0.25, 0.3) is 5.91 Å². The molecule has 0 aromatic heterocycles. The van der Waals surface area contributed by atoms with Crippen molar-refractivity contribution in [3.63, 3.8) is 0 Å². The average molecular weight is 313 g/mol. The van der Waals surface area contributed by atoms with Gasteiger partial charge in [0, 0.05) is 11.8 Å². The van der Waals surface area contributed by atoms with Crippen LogP contribution in [0.15, 0.2) is 48.7 Å².